The fourth-order valence-corrected chi connectivity index (χ4v) is 2.78. The molecule has 0 saturated carbocycles. The number of nitrogens with one attached hydrogen (secondary N) is 4. The number of rotatable bonds is 6. The summed E-state index contributed by atoms with van der Waals surface area (Å²) in [6.45, 7) is 3.44. The minimum Gasteiger partial charge on any atom is -0.334 e. The SMILES string of the molecule is Cc1ccc2[nH+]c(NCCNC(=O)NCc3ccccc3)c(C#N)cc2c1. The lowest BCUT2D eigenvalue weighted by atomic mass is 10.1. The zero-order valence-corrected chi connectivity index (χ0v) is 15.2. The van der Waals surface area contributed by atoms with Gasteiger partial charge in [0.05, 0.1) is 6.54 Å². The number of nitriles is 1. The summed E-state index contributed by atoms with van der Waals surface area (Å²) in [5.74, 6) is 0.653. The van der Waals surface area contributed by atoms with Crippen LogP contribution in [0.15, 0.2) is 54.6 Å². The van der Waals surface area contributed by atoms with E-state index in [-0.39, 0.29) is 6.03 Å². The number of hydrogen-bond acceptors (Lipinski definition) is 3. The van der Waals surface area contributed by atoms with Crippen molar-refractivity contribution in [3.8, 4) is 6.07 Å². The average molecular weight is 360 g/mol. The third-order valence-corrected chi connectivity index (χ3v) is 4.16. The molecule has 0 atom stereocenters. The van der Waals surface area contributed by atoms with Crippen LogP contribution in [0.1, 0.15) is 16.7 Å². The highest BCUT2D eigenvalue weighted by Gasteiger charge is 2.12. The van der Waals surface area contributed by atoms with E-state index in [0.29, 0.717) is 31.0 Å². The normalized spacial score (nSPS) is 10.2. The van der Waals surface area contributed by atoms with Gasteiger partial charge in [-0.2, -0.15) is 5.26 Å². The number of amides is 2. The number of aryl methyl sites for hydroxylation is 1. The summed E-state index contributed by atoms with van der Waals surface area (Å²) in [6, 6.07) is 19.6. The Hall–Kier alpha value is -3.59. The summed E-state index contributed by atoms with van der Waals surface area (Å²) < 4.78 is 0. The van der Waals surface area contributed by atoms with E-state index in [1.54, 1.807) is 0 Å². The van der Waals surface area contributed by atoms with Crippen LogP contribution >= 0.6 is 0 Å². The van der Waals surface area contributed by atoms with E-state index in [2.05, 4.69) is 27.0 Å². The Morgan fingerprint density at radius 1 is 1.07 bits per heavy atom. The summed E-state index contributed by atoms with van der Waals surface area (Å²) in [6.07, 6.45) is 0. The average Bonchev–Trinajstić information content (AvgIpc) is 2.69. The van der Waals surface area contributed by atoms with E-state index in [1.807, 2.05) is 61.5 Å². The van der Waals surface area contributed by atoms with E-state index >= 15 is 0 Å². The number of urea groups is 1. The van der Waals surface area contributed by atoms with Gasteiger partial charge in [0.25, 0.3) is 5.82 Å². The lowest BCUT2D eigenvalue weighted by Gasteiger charge is -2.07. The first-order valence-electron chi connectivity index (χ1n) is 8.82. The number of benzene rings is 2. The van der Waals surface area contributed by atoms with Gasteiger partial charge in [-0.25, -0.2) is 9.78 Å². The number of nitrogens with zero attached hydrogens (tertiary/aromatic N) is 1. The molecule has 2 amide bonds. The van der Waals surface area contributed by atoms with Crippen LogP contribution < -0.4 is 20.9 Å². The topological polar surface area (TPSA) is 91.1 Å². The van der Waals surface area contributed by atoms with Crippen molar-refractivity contribution < 1.29 is 9.78 Å². The Morgan fingerprint density at radius 2 is 1.89 bits per heavy atom. The third-order valence-electron chi connectivity index (χ3n) is 4.16. The zero-order chi connectivity index (χ0) is 19.1. The Morgan fingerprint density at radius 3 is 2.67 bits per heavy atom. The molecule has 0 unspecified atom stereocenters. The third kappa shape index (κ3) is 4.95. The van der Waals surface area contributed by atoms with Gasteiger partial charge in [0.15, 0.2) is 0 Å². The van der Waals surface area contributed by atoms with Crippen LogP contribution in [0.25, 0.3) is 10.9 Å². The van der Waals surface area contributed by atoms with Gasteiger partial charge in [0.2, 0.25) is 0 Å². The van der Waals surface area contributed by atoms with Crippen LogP contribution in [0.2, 0.25) is 0 Å². The Kier molecular flexibility index (Phi) is 5.85. The summed E-state index contributed by atoms with van der Waals surface area (Å²) in [5, 5.41) is 19.2. The number of anilines is 1. The minimum atomic E-state index is -0.223. The fraction of sp³-hybridized carbons (Fsp3) is 0.190. The second kappa shape index (κ2) is 8.68. The highest BCUT2D eigenvalue weighted by atomic mass is 16.2. The molecule has 4 N–H and O–H groups in total. The number of H-pyrrole nitrogens is 1. The fourth-order valence-electron chi connectivity index (χ4n) is 2.78. The summed E-state index contributed by atoms with van der Waals surface area (Å²) in [4.78, 5) is 15.1. The lowest BCUT2D eigenvalue weighted by molar-refractivity contribution is -0.327. The van der Waals surface area contributed by atoms with Gasteiger partial charge < -0.3 is 10.6 Å². The molecule has 0 fully saturated rings. The van der Waals surface area contributed by atoms with E-state index in [9.17, 15) is 10.1 Å². The van der Waals surface area contributed by atoms with Crippen molar-refractivity contribution in [1.82, 2.24) is 10.6 Å². The molecule has 1 heterocycles. The quantitative estimate of drug-likeness (QED) is 0.590. The molecule has 1 aromatic heterocycles. The lowest BCUT2D eigenvalue weighted by Crippen LogP contribution is -2.38. The maximum absolute atomic E-state index is 11.8. The number of hydrogen-bond donors (Lipinski definition) is 3. The zero-order valence-electron chi connectivity index (χ0n) is 15.2. The van der Waals surface area contributed by atoms with Gasteiger partial charge in [-0.3, -0.25) is 5.32 Å². The number of pyridine rings is 1. The van der Waals surface area contributed by atoms with Gasteiger partial charge in [0, 0.05) is 11.9 Å². The van der Waals surface area contributed by atoms with E-state index < -0.39 is 0 Å². The number of carbonyl (C=O) groups is 1. The monoisotopic (exact) mass is 360 g/mol. The number of aromatic nitrogens is 1. The highest BCUT2D eigenvalue weighted by molar-refractivity contribution is 5.79. The molecule has 0 spiro atoms. The first-order chi connectivity index (χ1) is 13.2. The first kappa shape index (κ1) is 18.2. The first-order valence-corrected chi connectivity index (χ1v) is 8.82. The van der Waals surface area contributed by atoms with E-state index in [1.165, 1.54) is 0 Å². The molecular formula is C21H22N5O+. The van der Waals surface area contributed by atoms with Crippen molar-refractivity contribution in [3.63, 3.8) is 0 Å². The number of aromatic amines is 1. The molecule has 6 nitrogen and oxygen atoms in total. The molecule has 0 aliphatic heterocycles. The van der Waals surface area contributed by atoms with Crippen LogP contribution in [-0.4, -0.2) is 19.1 Å². The minimum absolute atomic E-state index is 0.223. The molecule has 6 heteroatoms. The van der Waals surface area contributed by atoms with Crippen molar-refractivity contribution in [1.29, 1.82) is 5.26 Å². The van der Waals surface area contributed by atoms with Gasteiger partial charge in [-0.15, -0.1) is 0 Å². The second-order valence-electron chi connectivity index (χ2n) is 6.28. The molecule has 0 aliphatic carbocycles. The molecule has 0 aliphatic rings. The van der Waals surface area contributed by atoms with Crippen LogP contribution in [0.3, 0.4) is 0 Å². The van der Waals surface area contributed by atoms with Gasteiger partial charge >= 0.3 is 6.03 Å². The number of fused-ring (bicyclic) bond motifs is 1. The Balaban J connectivity index is 1.50. The molecule has 2 aromatic carbocycles. The molecule has 0 saturated heterocycles. The molecular weight excluding hydrogens is 338 g/mol. The Bertz CT molecular complexity index is 979. The van der Waals surface area contributed by atoms with Gasteiger partial charge in [-0.05, 0) is 30.7 Å². The second-order valence-corrected chi connectivity index (χ2v) is 6.28. The predicted octanol–water partition coefficient (Wildman–Crippen LogP) is 2.75. The maximum atomic E-state index is 11.8. The summed E-state index contributed by atoms with van der Waals surface area (Å²) >= 11 is 0. The van der Waals surface area contributed by atoms with Gasteiger partial charge in [-0.1, -0.05) is 42.0 Å². The van der Waals surface area contributed by atoms with E-state index in [4.69, 9.17) is 0 Å². The standard InChI is InChI=1S/C21H21N5O/c1-15-7-8-19-17(11-15)12-18(13-22)20(26-19)23-9-10-24-21(27)25-14-16-5-3-2-4-6-16/h2-8,11-12H,9-10,14H2,1H3,(H,23,26)(H2,24,25,27)/p+1. The maximum Gasteiger partial charge on any atom is 0.315 e. The highest BCUT2D eigenvalue weighted by Crippen LogP contribution is 2.17. The van der Waals surface area contributed by atoms with Crippen molar-refractivity contribution in [2.24, 2.45) is 0 Å². The molecule has 27 heavy (non-hydrogen) atoms. The van der Waals surface area contributed by atoms with Crippen molar-refractivity contribution >= 4 is 22.8 Å². The largest absolute Gasteiger partial charge is 0.334 e. The molecule has 3 aromatic rings. The van der Waals surface area contributed by atoms with Crippen molar-refractivity contribution in [2.45, 2.75) is 13.5 Å². The smallest absolute Gasteiger partial charge is 0.315 e. The van der Waals surface area contributed by atoms with Gasteiger partial charge in [0.1, 0.15) is 23.7 Å². The van der Waals surface area contributed by atoms with Crippen molar-refractivity contribution in [3.05, 3.63) is 71.3 Å². The summed E-state index contributed by atoms with van der Waals surface area (Å²) in [7, 11) is 0. The predicted molar refractivity (Wildman–Crippen MR) is 105 cm³/mol. The molecule has 136 valence electrons. The van der Waals surface area contributed by atoms with Crippen LogP contribution in [0.4, 0.5) is 10.6 Å². The molecule has 3 rings (SSSR count). The van der Waals surface area contributed by atoms with Crippen molar-refractivity contribution in [2.75, 3.05) is 18.4 Å². The van der Waals surface area contributed by atoms with E-state index in [0.717, 1.165) is 22.0 Å². The van der Waals surface area contributed by atoms with Crippen LogP contribution in [-0.2, 0) is 6.54 Å². The van der Waals surface area contributed by atoms with Crippen LogP contribution in [0.5, 0.6) is 0 Å². The molecule has 0 bridgehead atoms. The van der Waals surface area contributed by atoms with Crippen LogP contribution in [0, 0.1) is 18.3 Å². The number of carbonyl (C=O) groups excluding carboxylic acids is 1. The Labute approximate surface area is 158 Å². The summed E-state index contributed by atoms with van der Waals surface area (Å²) in [5.41, 5.74) is 3.69. The molecule has 0 radical (unpaired) electrons.